The van der Waals surface area contributed by atoms with E-state index in [2.05, 4.69) is 13.8 Å². The van der Waals surface area contributed by atoms with E-state index in [1.807, 2.05) is 6.07 Å². The highest BCUT2D eigenvalue weighted by Crippen LogP contribution is 2.06. The largest absolute Gasteiger partial charge is 0.198 e. The molecule has 0 aliphatic rings. The molecule has 0 aliphatic carbocycles. The van der Waals surface area contributed by atoms with Gasteiger partial charge in [0.25, 0.3) is 0 Å². The van der Waals surface area contributed by atoms with Crippen molar-refractivity contribution in [3.05, 3.63) is 6.42 Å². The lowest BCUT2D eigenvalue weighted by Crippen LogP contribution is -1.89. The number of nitrogens with zero attached hydrogens (tertiary/aromatic N) is 1. The summed E-state index contributed by atoms with van der Waals surface area (Å²) in [5.74, 6) is 0.676. The zero-order chi connectivity index (χ0) is 6.41. The first kappa shape index (κ1) is 7.49. The van der Waals surface area contributed by atoms with Crippen molar-refractivity contribution >= 4 is 0 Å². The average Bonchev–Trinajstić information content (AvgIpc) is 1.83. The van der Waals surface area contributed by atoms with Crippen molar-refractivity contribution in [2.24, 2.45) is 5.92 Å². The van der Waals surface area contributed by atoms with Gasteiger partial charge >= 0.3 is 0 Å². The van der Waals surface area contributed by atoms with Gasteiger partial charge in [0.05, 0.1) is 12.5 Å². The van der Waals surface area contributed by atoms with E-state index < -0.39 is 0 Å². The topological polar surface area (TPSA) is 23.8 Å². The summed E-state index contributed by atoms with van der Waals surface area (Å²) in [6.07, 6.45) is 3.76. The molecule has 1 unspecified atom stereocenters. The normalized spacial score (nSPS) is 12.6. The third-order valence-electron chi connectivity index (χ3n) is 1.31. The molecule has 45 valence electrons. The van der Waals surface area contributed by atoms with E-state index in [9.17, 15) is 0 Å². The van der Waals surface area contributed by atoms with Crippen molar-refractivity contribution in [2.45, 2.75) is 26.7 Å². The number of hydrogen-bond donors (Lipinski definition) is 0. The van der Waals surface area contributed by atoms with Crippen LogP contribution in [0.1, 0.15) is 26.7 Å². The zero-order valence-corrected chi connectivity index (χ0v) is 5.52. The number of rotatable bonds is 3. The Morgan fingerprint density at radius 2 is 2.38 bits per heavy atom. The minimum absolute atomic E-state index is 0.676. The van der Waals surface area contributed by atoms with E-state index in [4.69, 9.17) is 5.26 Å². The molecule has 0 fully saturated rings. The van der Waals surface area contributed by atoms with Crippen LogP contribution in [-0.2, 0) is 0 Å². The van der Waals surface area contributed by atoms with Crippen LogP contribution in [0.2, 0.25) is 0 Å². The molecule has 1 heteroatoms. The van der Waals surface area contributed by atoms with Crippen LogP contribution in [-0.4, -0.2) is 0 Å². The Kier molecular flexibility index (Phi) is 4.35. The Morgan fingerprint density at radius 1 is 1.75 bits per heavy atom. The molecule has 0 aliphatic heterocycles. The molecule has 1 nitrogen and oxygen atoms in total. The van der Waals surface area contributed by atoms with E-state index in [1.54, 1.807) is 6.42 Å². The van der Waals surface area contributed by atoms with Crippen molar-refractivity contribution in [3.8, 4) is 6.07 Å². The van der Waals surface area contributed by atoms with Crippen molar-refractivity contribution in [2.75, 3.05) is 0 Å². The predicted molar refractivity (Wildman–Crippen MR) is 34.0 cm³/mol. The molecule has 0 aromatic rings. The Balaban J connectivity index is 3.01. The third-order valence-corrected chi connectivity index (χ3v) is 1.31. The Hall–Kier alpha value is -0.510. The van der Waals surface area contributed by atoms with E-state index in [1.165, 1.54) is 0 Å². The Morgan fingerprint density at radius 3 is 2.75 bits per heavy atom. The van der Waals surface area contributed by atoms with E-state index in [-0.39, 0.29) is 0 Å². The smallest absolute Gasteiger partial charge is 0.0669 e. The summed E-state index contributed by atoms with van der Waals surface area (Å²) in [4.78, 5) is 0. The summed E-state index contributed by atoms with van der Waals surface area (Å²) in [6, 6.07) is 2.01. The maximum absolute atomic E-state index is 8.11. The van der Waals surface area contributed by atoms with Gasteiger partial charge in [-0.1, -0.05) is 20.3 Å². The molecule has 0 aromatic carbocycles. The van der Waals surface area contributed by atoms with Crippen LogP contribution in [0.15, 0.2) is 0 Å². The Bertz CT molecular complexity index is 80.9. The fourth-order valence-corrected chi connectivity index (χ4v) is 0.421. The molecule has 0 saturated carbocycles. The van der Waals surface area contributed by atoms with Gasteiger partial charge in [0.2, 0.25) is 0 Å². The molecular formula is C7H12N. The van der Waals surface area contributed by atoms with Gasteiger partial charge in [-0.05, 0) is 12.3 Å². The minimum Gasteiger partial charge on any atom is -0.198 e. The Labute approximate surface area is 51.3 Å². The van der Waals surface area contributed by atoms with Crippen LogP contribution in [0.3, 0.4) is 0 Å². The standard InChI is InChI=1S/C7H12N/c1-3-7(2)5-4-6-8/h4,7H,3,5H2,1-2H3. The molecule has 0 N–H and O–H groups in total. The number of hydrogen-bond acceptors (Lipinski definition) is 1. The van der Waals surface area contributed by atoms with E-state index in [0.29, 0.717) is 5.92 Å². The molecule has 0 saturated heterocycles. The molecule has 1 radical (unpaired) electrons. The van der Waals surface area contributed by atoms with Crippen molar-refractivity contribution in [3.63, 3.8) is 0 Å². The van der Waals surface area contributed by atoms with Crippen LogP contribution < -0.4 is 0 Å². The molecule has 0 spiro atoms. The van der Waals surface area contributed by atoms with Gasteiger partial charge in [-0.25, -0.2) is 0 Å². The second kappa shape index (κ2) is 4.64. The molecule has 0 heterocycles. The highest BCUT2D eigenvalue weighted by molar-refractivity contribution is 4.91. The van der Waals surface area contributed by atoms with Crippen LogP contribution in [0, 0.1) is 23.7 Å². The first-order chi connectivity index (χ1) is 3.81. The van der Waals surface area contributed by atoms with Gasteiger partial charge in [-0.2, -0.15) is 5.26 Å². The fourth-order valence-electron chi connectivity index (χ4n) is 0.421. The summed E-state index contributed by atoms with van der Waals surface area (Å²) in [5.41, 5.74) is 0. The molecule has 0 rings (SSSR count). The summed E-state index contributed by atoms with van der Waals surface area (Å²) in [7, 11) is 0. The summed E-state index contributed by atoms with van der Waals surface area (Å²) >= 11 is 0. The molecule has 0 bridgehead atoms. The molecule has 1 atom stereocenters. The first-order valence-corrected chi connectivity index (χ1v) is 3.02. The van der Waals surface area contributed by atoms with E-state index >= 15 is 0 Å². The minimum atomic E-state index is 0.676. The number of nitriles is 1. The lowest BCUT2D eigenvalue weighted by Gasteiger charge is -2.01. The van der Waals surface area contributed by atoms with Crippen molar-refractivity contribution < 1.29 is 0 Å². The molecule has 0 amide bonds. The maximum atomic E-state index is 8.11. The SMILES string of the molecule is CCC(C)C[CH]C#N. The van der Waals surface area contributed by atoms with Gasteiger partial charge in [0, 0.05) is 0 Å². The van der Waals surface area contributed by atoms with Crippen LogP contribution in [0.5, 0.6) is 0 Å². The first-order valence-electron chi connectivity index (χ1n) is 3.02. The molecule has 8 heavy (non-hydrogen) atoms. The van der Waals surface area contributed by atoms with Crippen LogP contribution in [0.4, 0.5) is 0 Å². The van der Waals surface area contributed by atoms with Gasteiger partial charge in [0.15, 0.2) is 0 Å². The quantitative estimate of drug-likeness (QED) is 0.546. The fraction of sp³-hybridized carbons (Fsp3) is 0.714. The highest BCUT2D eigenvalue weighted by atomic mass is 14.2. The summed E-state index contributed by atoms with van der Waals surface area (Å²) < 4.78 is 0. The third kappa shape index (κ3) is 3.67. The summed E-state index contributed by atoms with van der Waals surface area (Å²) in [6.45, 7) is 4.28. The van der Waals surface area contributed by atoms with Crippen LogP contribution in [0.25, 0.3) is 0 Å². The predicted octanol–water partition coefficient (Wildman–Crippen LogP) is 2.15. The maximum Gasteiger partial charge on any atom is 0.0669 e. The highest BCUT2D eigenvalue weighted by Gasteiger charge is 1.95. The average molecular weight is 110 g/mol. The van der Waals surface area contributed by atoms with Crippen molar-refractivity contribution in [1.29, 1.82) is 5.26 Å². The lowest BCUT2D eigenvalue weighted by molar-refractivity contribution is 0.561. The second-order valence-electron chi connectivity index (χ2n) is 2.08. The molecule has 0 aromatic heterocycles. The molecular weight excluding hydrogens is 98.1 g/mol. The van der Waals surface area contributed by atoms with Crippen LogP contribution >= 0.6 is 0 Å². The monoisotopic (exact) mass is 110 g/mol. The summed E-state index contributed by atoms with van der Waals surface area (Å²) in [5, 5.41) is 8.11. The van der Waals surface area contributed by atoms with Gasteiger partial charge in [0.1, 0.15) is 0 Å². The van der Waals surface area contributed by atoms with Gasteiger partial charge in [-0.3, -0.25) is 0 Å². The zero-order valence-electron chi connectivity index (χ0n) is 5.52. The second-order valence-corrected chi connectivity index (χ2v) is 2.08. The van der Waals surface area contributed by atoms with Gasteiger partial charge < -0.3 is 0 Å². The lowest BCUT2D eigenvalue weighted by atomic mass is 10.0. The van der Waals surface area contributed by atoms with E-state index in [0.717, 1.165) is 12.8 Å². The van der Waals surface area contributed by atoms with Crippen molar-refractivity contribution in [1.82, 2.24) is 0 Å². The van der Waals surface area contributed by atoms with Gasteiger partial charge in [-0.15, -0.1) is 0 Å².